The maximum absolute atomic E-state index is 13.1. The van der Waals surface area contributed by atoms with E-state index in [0.29, 0.717) is 12.8 Å². The van der Waals surface area contributed by atoms with Crippen molar-refractivity contribution in [3.8, 4) is 6.07 Å². The number of aromatic nitrogens is 2. The molecule has 12 heteroatoms. The van der Waals surface area contributed by atoms with Gasteiger partial charge in [0.1, 0.15) is 23.4 Å². The maximum Gasteiger partial charge on any atom is 0.475 e. The fraction of sp³-hybridized carbons (Fsp3) is 0.385. The van der Waals surface area contributed by atoms with Gasteiger partial charge >= 0.3 is 7.12 Å². The molecule has 0 aliphatic heterocycles. The van der Waals surface area contributed by atoms with E-state index in [1.165, 1.54) is 18.6 Å². The van der Waals surface area contributed by atoms with Gasteiger partial charge in [-0.05, 0) is 37.2 Å². The topological polar surface area (TPSA) is 177 Å². The highest BCUT2D eigenvalue weighted by atomic mass is 16.4. The van der Waals surface area contributed by atoms with Crippen LogP contribution in [0.2, 0.25) is 0 Å². The zero-order valence-electron chi connectivity index (χ0n) is 21.5. The fourth-order valence-electron chi connectivity index (χ4n) is 3.57. The van der Waals surface area contributed by atoms with E-state index in [0.717, 1.165) is 5.56 Å². The highest BCUT2D eigenvalue weighted by Crippen LogP contribution is 2.08. The molecule has 0 radical (unpaired) electrons. The third-order valence-electron chi connectivity index (χ3n) is 5.47. The van der Waals surface area contributed by atoms with Crippen LogP contribution in [0.25, 0.3) is 0 Å². The Balaban J connectivity index is 2.02. The predicted octanol–water partition coefficient (Wildman–Crippen LogP) is 0.707. The van der Waals surface area contributed by atoms with E-state index in [4.69, 9.17) is 5.26 Å². The van der Waals surface area contributed by atoms with Crippen LogP contribution in [-0.4, -0.2) is 63.4 Å². The third-order valence-corrected chi connectivity index (χ3v) is 5.47. The van der Waals surface area contributed by atoms with Crippen LogP contribution in [0.1, 0.15) is 49.2 Å². The summed E-state index contributed by atoms with van der Waals surface area (Å²) < 4.78 is 0. The van der Waals surface area contributed by atoms with Gasteiger partial charge in [0.2, 0.25) is 5.91 Å². The van der Waals surface area contributed by atoms with Crippen molar-refractivity contribution in [1.29, 1.82) is 5.26 Å². The first kappa shape index (κ1) is 30.2. The lowest BCUT2D eigenvalue weighted by Crippen LogP contribution is -2.54. The maximum atomic E-state index is 13.1. The van der Waals surface area contributed by atoms with Crippen LogP contribution < -0.4 is 16.0 Å². The molecule has 200 valence electrons. The van der Waals surface area contributed by atoms with Crippen molar-refractivity contribution in [2.45, 2.75) is 51.5 Å². The summed E-state index contributed by atoms with van der Waals surface area (Å²) in [6.45, 7) is 4.00. The van der Waals surface area contributed by atoms with Crippen LogP contribution in [0, 0.1) is 17.2 Å². The Labute approximate surface area is 222 Å². The second-order valence-corrected chi connectivity index (χ2v) is 9.02. The second-order valence-electron chi connectivity index (χ2n) is 9.02. The summed E-state index contributed by atoms with van der Waals surface area (Å²) >= 11 is 0. The molecule has 38 heavy (non-hydrogen) atoms. The summed E-state index contributed by atoms with van der Waals surface area (Å²) in [6, 6.07) is 9.92. The number of carbonyl (C=O) groups excluding carboxylic acids is 3. The number of rotatable bonds is 14. The Hall–Kier alpha value is -4.08. The number of nitriles is 1. The van der Waals surface area contributed by atoms with Gasteiger partial charge in [-0.3, -0.25) is 19.4 Å². The third kappa shape index (κ3) is 10.5. The van der Waals surface area contributed by atoms with E-state index in [1.807, 2.05) is 26.0 Å². The quantitative estimate of drug-likeness (QED) is 0.105. The van der Waals surface area contributed by atoms with Gasteiger partial charge in [-0.2, -0.15) is 5.26 Å². The minimum Gasteiger partial charge on any atom is -0.426 e. The molecule has 0 aliphatic rings. The molecule has 2 atom stereocenters. The van der Waals surface area contributed by atoms with Crippen molar-refractivity contribution < 1.29 is 24.4 Å². The van der Waals surface area contributed by atoms with E-state index < -0.39 is 36.8 Å². The Bertz CT molecular complexity index is 1120. The Morgan fingerprint density at radius 2 is 1.84 bits per heavy atom. The standard InChI is InChI=1S/C26H33BN6O5/c1-18(2)14-20(16-28)24(34)31-11-7-6-10-21(32-26(36)22-17-29-12-13-30-22)25(35)33-23(27(37)38)15-19-8-4-3-5-9-19/h3-5,8-9,12-14,17-18,21,23,37-38H,6-7,10-11,15H2,1-2H3,(H,31,34)(H,32,36)(H,33,35). The van der Waals surface area contributed by atoms with Crippen LogP contribution in [-0.2, 0) is 16.0 Å². The van der Waals surface area contributed by atoms with Crippen LogP contribution >= 0.6 is 0 Å². The molecular weight excluding hydrogens is 487 g/mol. The monoisotopic (exact) mass is 520 g/mol. The van der Waals surface area contributed by atoms with Crippen LogP contribution in [0.15, 0.2) is 60.6 Å². The van der Waals surface area contributed by atoms with Crippen molar-refractivity contribution in [3.63, 3.8) is 0 Å². The zero-order valence-corrected chi connectivity index (χ0v) is 21.5. The number of hydrogen-bond acceptors (Lipinski definition) is 8. The smallest absolute Gasteiger partial charge is 0.426 e. The highest BCUT2D eigenvalue weighted by molar-refractivity contribution is 6.43. The van der Waals surface area contributed by atoms with Gasteiger partial charge in [-0.15, -0.1) is 0 Å². The number of nitrogens with zero attached hydrogens (tertiary/aromatic N) is 3. The minimum absolute atomic E-state index is 0.0292. The SMILES string of the molecule is CC(C)C=C(C#N)C(=O)NCCCCC(NC(=O)c1cnccn1)C(=O)NC(Cc1ccccc1)B(O)O. The van der Waals surface area contributed by atoms with Crippen LogP contribution in [0.3, 0.4) is 0 Å². The molecule has 1 heterocycles. The first-order valence-electron chi connectivity index (χ1n) is 12.4. The molecule has 3 amide bonds. The number of amides is 3. The Kier molecular flexibility index (Phi) is 12.6. The van der Waals surface area contributed by atoms with Crippen molar-refractivity contribution in [1.82, 2.24) is 25.9 Å². The molecule has 0 saturated carbocycles. The molecule has 0 fully saturated rings. The summed E-state index contributed by atoms with van der Waals surface area (Å²) in [5.41, 5.74) is 0.868. The lowest BCUT2D eigenvalue weighted by molar-refractivity contribution is -0.123. The molecule has 0 bridgehead atoms. The summed E-state index contributed by atoms with van der Waals surface area (Å²) in [5, 5.41) is 36.8. The van der Waals surface area contributed by atoms with Crippen molar-refractivity contribution >= 4 is 24.8 Å². The second kappa shape index (κ2) is 15.9. The van der Waals surface area contributed by atoms with E-state index >= 15 is 0 Å². The van der Waals surface area contributed by atoms with E-state index in [9.17, 15) is 24.4 Å². The Morgan fingerprint density at radius 3 is 2.45 bits per heavy atom. The molecular formula is C26H33BN6O5. The number of benzene rings is 1. The zero-order chi connectivity index (χ0) is 27.9. The average molecular weight is 520 g/mol. The lowest BCUT2D eigenvalue weighted by Gasteiger charge is -2.23. The van der Waals surface area contributed by atoms with E-state index in [2.05, 4.69) is 25.9 Å². The van der Waals surface area contributed by atoms with Gasteiger partial charge in [0.15, 0.2) is 0 Å². The number of allylic oxidation sites excluding steroid dienone is 1. The first-order chi connectivity index (χ1) is 18.2. The number of nitrogens with one attached hydrogen (secondary N) is 3. The van der Waals surface area contributed by atoms with E-state index in [-0.39, 0.29) is 36.6 Å². The van der Waals surface area contributed by atoms with Gasteiger partial charge in [0.05, 0.1) is 12.1 Å². The van der Waals surface area contributed by atoms with Gasteiger partial charge < -0.3 is 26.0 Å². The lowest BCUT2D eigenvalue weighted by atomic mass is 9.75. The normalized spacial score (nSPS) is 12.7. The molecule has 0 saturated heterocycles. The number of carbonyl (C=O) groups is 3. The summed E-state index contributed by atoms with van der Waals surface area (Å²) in [6.07, 6.45) is 6.93. The van der Waals surface area contributed by atoms with Gasteiger partial charge in [-0.1, -0.05) is 50.3 Å². The first-order valence-corrected chi connectivity index (χ1v) is 12.4. The average Bonchev–Trinajstić information content (AvgIpc) is 2.91. The van der Waals surface area contributed by atoms with Gasteiger partial charge in [-0.25, -0.2) is 4.98 Å². The van der Waals surface area contributed by atoms with Crippen LogP contribution in [0.5, 0.6) is 0 Å². The highest BCUT2D eigenvalue weighted by Gasteiger charge is 2.29. The molecule has 2 unspecified atom stereocenters. The van der Waals surface area contributed by atoms with E-state index in [1.54, 1.807) is 30.3 Å². The van der Waals surface area contributed by atoms with Crippen molar-refractivity contribution in [2.24, 2.45) is 5.92 Å². The fourth-order valence-corrected chi connectivity index (χ4v) is 3.57. The Morgan fingerprint density at radius 1 is 1.11 bits per heavy atom. The number of hydrogen-bond donors (Lipinski definition) is 5. The molecule has 5 N–H and O–H groups in total. The van der Waals surface area contributed by atoms with Crippen molar-refractivity contribution in [2.75, 3.05) is 6.54 Å². The molecule has 2 rings (SSSR count). The molecule has 11 nitrogen and oxygen atoms in total. The summed E-state index contributed by atoms with van der Waals surface area (Å²) in [4.78, 5) is 45.8. The van der Waals surface area contributed by atoms with Gasteiger partial charge in [0.25, 0.3) is 11.8 Å². The molecule has 2 aromatic rings. The predicted molar refractivity (Wildman–Crippen MR) is 141 cm³/mol. The summed E-state index contributed by atoms with van der Waals surface area (Å²) in [5.74, 6) is -2.61. The largest absolute Gasteiger partial charge is 0.475 e. The minimum atomic E-state index is -1.82. The van der Waals surface area contributed by atoms with Crippen LogP contribution in [0.4, 0.5) is 0 Å². The van der Waals surface area contributed by atoms with Crippen molar-refractivity contribution in [3.05, 3.63) is 71.8 Å². The summed E-state index contributed by atoms with van der Waals surface area (Å²) in [7, 11) is -1.82. The molecule has 0 spiro atoms. The number of unbranched alkanes of at least 4 members (excludes halogenated alkanes) is 1. The van der Waals surface area contributed by atoms with Gasteiger partial charge in [0, 0.05) is 18.9 Å². The molecule has 1 aromatic carbocycles. The molecule has 1 aromatic heterocycles. The molecule has 0 aliphatic carbocycles.